The molecule has 1 saturated carbocycles. The van der Waals surface area contributed by atoms with Crippen LogP contribution >= 0.6 is 0 Å². The summed E-state index contributed by atoms with van der Waals surface area (Å²) in [7, 11) is 0. The summed E-state index contributed by atoms with van der Waals surface area (Å²) < 4.78 is 5.81. The van der Waals surface area contributed by atoms with E-state index in [1.54, 1.807) is 0 Å². The molecule has 1 fully saturated rings. The molecule has 0 bridgehead atoms. The van der Waals surface area contributed by atoms with Crippen molar-refractivity contribution in [3.8, 4) is 5.75 Å². The van der Waals surface area contributed by atoms with Crippen molar-refractivity contribution in [2.24, 2.45) is 0 Å². The molecule has 3 nitrogen and oxygen atoms in total. The highest BCUT2D eigenvalue weighted by Crippen LogP contribution is 2.22. The van der Waals surface area contributed by atoms with Crippen molar-refractivity contribution >= 4 is 0 Å². The van der Waals surface area contributed by atoms with Gasteiger partial charge >= 0.3 is 0 Å². The van der Waals surface area contributed by atoms with E-state index >= 15 is 0 Å². The minimum Gasteiger partial charge on any atom is -0.492 e. The lowest BCUT2D eigenvalue weighted by Gasteiger charge is -2.25. The maximum Gasteiger partial charge on any atom is 0.123 e. The molecule has 2 aliphatic rings. The number of nitrogens with zero attached hydrogens (tertiary/aromatic N) is 1. The van der Waals surface area contributed by atoms with Gasteiger partial charge in [-0.15, -0.1) is 0 Å². The van der Waals surface area contributed by atoms with Crippen LogP contribution in [0.25, 0.3) is 0 Å². The molecular weight excluding hydrogens is 248 g/mol. The first kappa shape index (κ1) is 13.9. The van der Waals surface area contributed by atoms with Crippen LogP contribution in [0.2, 0.25) is 0 Å². The topological polar surface area (TPSA) is 24.5 Å². The first-order chi connectivity index (χ1) is 9.92. The molecule has 20 heavy (non-hydrogen) atoms. The van der Waals surface area contributed by atoms with E-state index in [0.717, 1.165) is 44.6 Å². The summed E-state index contributed by atoms with van der Waals surface area (Å²) in [6, 6.07) is 9.19. The summed E-state index contributed by atoms with van der Waals surface area (Å²) in [5.74, 6) is 1.07. The third kappa shape index (κ3) is 3.74. The zero-order valence-corrected chi connectivity index (χ0v) is 12.3. The number of hydrogen-bond donors (Lipinski definition) is 1. The number of ether oxygens (including phenoxy) is 1. The fourth-order valence-electron chi connectivity index (χ4n) is 3.30. The third-order valence-electron chi connectivity index (χ3n) is 4.50. The Morgan fingerprint density at radius 1 is 1.15 bits per heavy atom. The molecule has 1 aliphatic carbocycles. The highest BCUT2D eigenvalue weighted by Gasteiger charge is 2.16. The minimum atomic E-state index is 0.763. The summed E-state index contributed by atoms with van der Waals surface area (Å²) >= 11 is 0. The SMILES string of the molecule is c1ccc2c(c1)CN(CCNC1CCCCC1)CCO2. The Hall–Kier alpha value is -1.06. The minimum absolute atomic E-state index is 0.763. The van der Waals surface area contributed by atoms with Crippen molar-refractivity contribution in [1.82, 2.24) is 10.2 Å². The number of hydrogen-bond acceptors (Lipinski definition) is 3. The zero-order chi connectivity index (χ0) is 13.6. The lowest BCUT2D eigenvalue weighted by molar-refractivity contribution is 0.221. The van der Waals surface area contributed by atoms with E-state index < -0.39 is 0 Å². The molecule has 3 heteroatoms. The van der Waals surface area contributed by atoms with Crippen molar-refractivity contribution in [2.75, 3.05) is 26.2 Å². The molecule has 1 aromatic carbocycles. The van der Waals surface area contributed by atoms with Crippen molar-refractivity contribution in [2.45, 2.75) is 44.7 Å². The molecule has 1 heterocycles. The quantitative estimate of drug-likeness (QED) is 0.913. The molecule has 0 spiro atoms. The van der Waals surface area contributed by atoms with E-state index in [1.165, 1.54) is 37.7 Å². The Morgan fingerprint density at radius 2 is 2.00 bits per heavy atom. The molecule has 110 valence electrons. The molecule has 1 N–H and O–H groups in total. The monoisotopic (exact) mass is 274 g/mol. The predicted molar refractivity (Wildman–Crippen MR) is 82.1 cm³/mol. The van der Waals surface area contributed by atoms with Gasteiger partial charge in [0.05, 0.1) is 0 Å². The highest BCUT2D eigenvalue weighted by atomic mass is 16.5. The largest absolute Gasteiger partial charge is 0.492 e. The standard InChI is InChI=1S/C17H26N2O/c1-2-7-16(8-3-1)18-10-11-19-12-13-20-17-9-5-4-6-15(17)14-19/h4-6,9,16,18H,1-3,7-8,10-14H2. The van der Waals surface area contributed by atoms with Crippen LogP contribution in [0.5, 0.6) is 5.75 Å². The van der Waals surface area contributed by atoms with Crippen LogP contribution in [0, 0.1) is 0 Å². The third-order valence-corrected chi connectivity index (χ3v) is 4.50. The molecular formula is C17H26N2O. The summed E-state index contributed by atoms with van der Waals surface area (Å²) in [6.45, 7) is 5.07. The summed E-state index contributed by atoms with van der Waals surface area (Å²) in [5.41, 5.74) is 1.32. The molecule has 0 amide bonds. The first-order valence-electron chi connectivity index (χ1n) is 8.08. The van der Waals surface area contributed by atoms with E-state index in [9.17, 15) is 0 Å². The summed E-state index contributed by atoms with van der Waals surface area (Å²) in [6.07, 6.45) is 6.97. The van der Waals surface area contributed by atoms with Crippen molar-refractivity contribution in [1.29, 1.82) is 0 Å². The maximum absolute atomic E-state index is 5.81. The van der Waals surface area contributed by atoms with Gasteiger partial charge in [-0.25, -0.2) is 0 Å². The van der Waals surface area contributed by atoms with E-state index in [4.69, 9.17) is 4.74 Å². The van der Waals surface area contributed by atoms with Crippen molar-refractivity contribution < 1.29 is 4.74 Å². The van der Waals surface area contributed by atoms with Gasteiger partial charge in [0.15, 0.2) is 0 Å². The summed E-state index contributed by atoms with van der Waals surface area (Å²) in [5, 5.41) is 3.73. The van der Waals surface area contributed by atoms with E-state index in [1.807, 2.05) is 0 Å². The van der Waals surface area contributed by atoms with Gasteiger partial charge in [-0.2, -0.15) is 0 Å². The number of rotatable bonds is 4. The van der Waals surface area contributed by atoms with Crippen LogP contribution in [0.4, 0.5) is 0 Å². The first-order valence-corrected chi connectivity index (χ1v) is 8.08. The second-order valence-electron chi connectivity index (χ2n) is 6.02. The Labute approximate surface area is 122 Å². The van der Waals surface area contributed by atoms with Crippen LogP contribution in [-0.4, -0.2) is 37.2 Å². The average Bonchev–Trinajstić information content (AvgIpc) is 2.70. The van der Waals surface area contributed by atoms with E-state index in [0.29, 0.717) is 0 Å². The van der Waals surface area contributed by atoms with Crippen molar-refractivity contribution in [3.63, 3.8) is 0 Å². The van der Waals surface area contributed by atoms with Crippen LogP contribution in [-0.2, 0) is 6.54 Å². The molecule has 1 aliphatic heterocycles. The van der Waals surface area contributed by atoms with Gasteiger partial charge in [-0.05, 0) is 18.9 Å². The molecule has 0 radical (unpaired) electrons. The second kappa shape index (κ2) is 7.09. The highest BCUT2D eigenvalue weighted by molar-refractivity contribution is 5.33. The smallest absolute Gasteiger partial charge is 0.123 e. The zero-order valence-electron chi connectivity index (χ0n) is 12.3. The fourth-order valence-corrected chi connectivity index (χ4v) is 3.30. The maximum atomic E-state index is 5.81. The number of para-hydroxylation sites is 1. The average molecular weight is 274 g/mol. The normalized spacial score (nSPS) is 21.0. The molecule has 0 aromatic heterocycles. The lowest BCUT2D eigenvalue weighted by atomic mass is 9.95. The fraction of sp³-hybridized carbons (Fsp3) is 0.647. The van der Waals surface area contributed by atoms with Gasteiger partial charge in [-0.3, -0.25) is 4.90 Å². The van der Waals surface area contributed by atoms with Crippen LogP contribution < -0.4 is 10.1 Å². The van der Waals surface area contributed by atoms with Gasteiger partial charge in [-0.1, -0.05) is 37.5 Å². The lowest BCUT2D eigenvalue weighted by Crippen LogP contribution is -2.38. The van der Waals surface area contributed by atoms with E-state index in [2.05, 4.69) is 34.5 Å². The molecule has 0 saturated heterocycles. The summed E-state index contributed by atoms with van der Waals surface area (Å²) in [4.78, 5) is 2.50. The Bertz CT molecular complexity index is 415. The number of benzene rings is 1. The van der Waals surface area contributed by atoms with Gasteiger partial charge < -0.3 is 10.1 Å². The van der Waals surface area contributed by atoms with Gasteiger partial charge in [0, 0.05) is 37.8 Å². The molecule has 0 atom stereocenters. The predicted octanol–water partition coefficient (Wildman–Crippen LogP) is 2.80. The van der Waals surface area contributed by atoms with Gasteiger partial charge in [0.25, 0.3) is 0 Å². The van der Waals surface area contributed by atoms with Gasteiger partial charge in [0.1, 0.15) is 12.4 Å². The Balaban J connectivity index is 1.46. The Morgan fingerprint density at radius 3 is 2.90 bits per heavy atom. The number of nitrogens with one attached hydrogen (secondary N) is 1. The van der Waals surface area contributed by atoms with Crippen LogP contribution in [0.3, 0.4) is 0 Å². The van der Waals surface area contributed by atoms with Crippen molar-refractivity contribution in [3.05, 3.63) is 29.8 Å². The number of fused-ring (bicyclic) bond motifs is 1. The van der Waals surface area contributed by atoms with E-state index in [-0.39, 0.29) is 0 Å². The molecule has 3 rings (SSSR count). The van der Waals surface area contributed by atoms with Gasteiger partial charge in [0.2, 0.25) is 0 Å². The molecule has 0 unspecified atom stereocenters. The molecule has 1 aromatic rings. The van der Waals surface area contributed by atoms with Crippen LogP contribution in [0.15, 0.2) is 24.3 Å². The second-order valence-corrected chi connectivity index (χ2v) is 6.02. The Kier molecular flexibility index (Phi) is 4.93. The van der Waals surface area contributed by atoms with Crippen LogP contribution in [0.1, 0.15) is 37.7 Å².